The van der Waals surface area contributed by atoms with Gasteiger partial charge in [0.25, 0.3) is 0 Å². The van der Waals surface area contributed by atoms with Gasteiger partial charge in [0.15, 0.2) is 9.84 Å². The zero-order valence-electron chi connectivity index (χ0n) is 12.4. The van der Waals surface area contributed by atoms with Crippen molar-refractivity contribution in [3.05, 3.63) is 48.5 Å². The molecule has 23 heavy (non-hydrogen) atoms. The molecule has 1 unspecified atom stereocenters. The molecule has 0 aliphatic heterocycles. The molecule has 2 aromatic rings. The van der Waals surface area contributed by atoms with Gasteiger partial charge in [0.2, 0.25) is 0 Å². The number of sulfone groups is 1. The Bertz CT molecular complexity index is 833. The van der Waals surface area contributed by atoms with Crippen LogP contribution in [0.1, 0.15) is 0 Å². The highest BCUT2D eigenvalue weighted by molar-refractivity contribution is 7.98. The zero-order valence-corrected chi connectivity index (χ0v) is 14.9. The van der Waals surface area contributed by atoms with Gasteiger partial charge in [-0.1, -0.05) is 6.07 Å². The first-order chi connectivity index (χ1) is 10.7. The molecule has 0 saturated carbocycles. The van der Waals surface area contributed by atoms with Gasteiger partial charge in [0.05, 0.1) is 4.90 Å². The van der Waals surface area contributed by atoms with E-state index in [0.29, 0.717) is 0 Å². The summed E-state index contributed by atoms with van der Waals surface area (Å²) in [6, 6.07) is 11.9. The number of thioether (sulfide) groups is 1. The number of benzene rings is 2. The lowest BCUT2D eigenvalue weighted by molar-refractivity contribution is 0.290. The maximum Gasteiger partial charge on any atom is 0.584 e. The molecule has 0 aromatic heterocycles. The first kappa shape index (κ1) is 17.9. The molecule has 0 radical (unpaired) electrons. The van der Waals surface area contributed by atoms with Gasteiger partial charge in [-0.3, -0.25) is 4.89 Å². The molecule has 124 valence electrons. The number of hydrogen-bond acceptors (Lipinski definition) is 6. The average Bonchev–Trinajstić information content (AvgIpc) is 2.46. The van der Waals surface area contributed by atoms with Crippen LogP contribution < -0.4 is 9.05 Å². The molecule has 0 aliphatic carbocycles. The topological polar surface area (TPSA) is 89.9 Å². The third-order valence-corrected chi connectivity index (χ3v) is 5.47. The minimum Gasteiger partial charge on any atom is -0.395 e. The van der Waals surface area contributed by atoms with Crippen LogP contribution in [0.4, 0.5) is 0 Å². The van der Waals surface area contributed by atoms with E-state index in [2.05, 4.69) is 0 Å². The van der Waals surface area contributed by atoms with Crippen molar-refractivity contribution >= 4 is 29.4 Å². The maximum atomic E-state index is 12.0. The molecule has 0 bridgehead atoms. The van der Waals surface area contributed by atoms with Crippen LogP contribution in [0.3, 0.4) is 0 Å². The minimum absolute atomic E-state index is 0.0145. The molecule has 0 aliphatic rings. The molecule has 0 amide bonds. The van der Waals surface area contributed by atoms with E-state index >= 15 is 0 Å². The molecule has 2 rings (SSSR count). The van der Waals surface area contributed by atoms with Gasteiger partial charge in [-0.25, -0.2) is 13.0 Å². The first-order valence-electron chi connectivity index (χ1n) is 6.36. The Hall–Kier alpha value is -1.47. The minimum atomic E-state index is -4.43. The third kappa shape index (κ3) is 5.28. The van der Waals surface area contributed by atoms with Crippen molar-refractivity contribution in [3.8, 4) is 11.5 Å². The maximum absolute atomic E-state index is 12.0. The summed E-state index contributed by atoms with van der Waals surface area (Å²) in [5.41, 5.74) is 0. The second-order valence-corrected chi connectivity index (χ2v) is 8.77. The van der Waals surface area contributed by atoms with Gasteiger partial charge in [-0.05, 0) is 48.7 Å². The Morgan fingerprint density at radius 3 is 2.22 bits per heavy atom. The summed E-state index contributed by atoms with van der Waals surface area (Å²) in [6.07, 6.45) is 2.94. The molecule has 1 atom stereocenters. The van der Waals surface area contributed by atoms with Crippen molar-refractivity contribution in [1.29, 1.82) is 0 Å². The largest absolute Gasteiger partial charge is 0.584 e. The standard InChI is InChI=1S/C14H15O6PS2/c1-22-13-8-6-11(7-9-13)19-21(15,16)20-12-4-3-5-14(10-12)23(2,17)18/h3-10H,1-2H3,(H,15,16). The molecule has 0 spiro atoms. The van der Waals surface area contributed by atoms with Crippen LogP contribution in [0.15, 0.2) is 58.3 Å². The van der Waals surface area contributed by atoms with Crippen molar-refractivity contribution in [2.75, 3.05) is 12.5 Å². The average molecular weight is 374 g/mol. The quantitative estimate of drug-likeness (QED) is 0.612. The van der Waals surface area contributed by atoms with Crippen LogP contribution in [0.2, 0.25) is 0 Å². The van der Waals surface area contributed by atoms with Gasteiger partial charge < -0.3 is 9.05 Å². The van der Waals surface area contributed by atoms with Gasteiger partial charge in [0.1, 0.15) is 11.5 Å². The lowest BCUT2D eigenvalue weighted by Gasteiger charge is -2.14. The van der Waals surface area contributed by atoms with Crippen molar-refractivity contribution in [1.82, 2.24) is 0 Å². The van der Waals surface area contributed by atoms with E-state index in [9.17, 15) is 17.9 Å². The van der Waals surface area contributed by atoms with Crippen LogP contribution in [0.5, 0.6) is 11.5 Å². The lowest BCUT2D eigenvalue weighted by Crippen LogP contribution is -2.01. The fourth-order valence-electron chi connectivity index (χ4n) is 1.68. The Kier molecular flexibility index (Phi) is 5.41. The molecule has 0 fully saturated rings. The lowest BCUT2D eigenvalue weighted by atomic mass is 10.3. The van der Waals surface area contributed by atoms with Crippen molar-refractivity contribution in [2.45, 2.75) is 9.79 Å². The summed E-state index contributed by atoms with van der Waals surface area (Å²) in [5.74, 6) is 0.104. The SMILES string of the molecule is CSc1ccc(OP(=O)(O)Oc2cccc(S(C)(=O)=O)c2)cc1. The van der Waals surface area contributed by atoms with E-state index in [1.807, 2.05) is 6.26 Å². The fourth-order valence-corrected chi connectivity index (χ4v) is 3.55. The van der Waals surface area contributed by atoms with E-state index in [1.54, 1.807) is 24.3 Å². The van der Waals surface area contributed by atoms with E-state index in [1.165, 1.54) is 36.0 Å². The smallest absolute Gasteiger partial charge is 0.395 e. The van der Waals surface area contributed by atoms with E-state index < -0.39 is 17.7 Å². The van der Waals surface area contributed by atoms with Crippen molar-refractivity contribution in [2.24, 2.45) is 0 Å². The Morgan fingerprint density at radius 1 is 1.04 bits per heavy atom. The van der Waals surface area contributed by atoms with Gasteiger partial charge in [-0.15, -0.1) is 11.8 Å². The molecule has 0 saturated heterocycles. The predicted molar refractivity (Wildman–Crippen MR) is 88.9 cm³/mol. The van der Waals surface area contributed by atoms with Gasteiger partial charge >= 0.3 is 7.82 Å². The summed E-state index contributed by atoms with van der Waals surface area (Å²) < 4.78 is 44.9. The van der Waals surface area contributed by atoms with Crippen molar-refractivity contribution < 1.29 is 26.9 Å². The molecule has 1 N–H and O–H groups in total. The molecule has 6 nitrogen and oxygen atoms in total. The van der Waals surface area contributed by atoms with Crippen LogP contribution in [-0.2, 0) is 14.4 Å². The highest BCUT2D eigenvalue weighted by Gasteiger charge is 2.25. The molecule has 9 heteroatoms. The highest BCUT2D eigenvalue weighted by atomic mass is 32.2. The number of hydrogen-bond donors (Lipinski definition) is 1. The van der Waals surface area contributed by atoms with Gasteiger partial charge in [0, 0.05) is 11.2 Å². The van der Waals surface area contributed by atoms with E-state index in [4.69, 9.17) is 9.05 Å². The van der Waals surface area contributed by atoms with E-state index in [0.717, 1.165) is 11.2 Å². The number of rotatable bonds is 6. The van der Waals surface area contributed by atoms with E-state index in [-0.39, 0.29) is 16.4 Å². The third-order valence-electron chi connectivity index (χ3n) is 2.73. The summed E-state index contributed by atoms with van der Waals surface area (Å²) in [7, 11) is -7.88. The van der Waals surface area contributed by atoms with Crippen LogP contribution in [-0.4, -0.2) is 25.8 Å². The highest BCUT2D eigenvalue weighted by Crippen LogP contribution is 2.44. The summed E-state index contributed by atoms with van der Waals surface area (Å²) in [4.78, 5) is 10.8. The fraction of sp³-hybridized carbons (Fsp3) is 0.143. The number of phosphoric acid groups is 1. The Balaban J connectivity index is 2.16. The Labute approximate surface area is 139 Å². The Morgan fingerprint density at radius 2 is 1.65 bits per heavy atom. The molecular weight excluding hydrogens is 359 g/mol. The normalized spacial score (nSPS) is 14.0. The molecule has 0 heterocycles. The summed E-state index contributed by atoms with van der Waals surface area (Å²) >= 11 is 1.53. The second kappa shape index (κ2) is 6.97. The molecule has 2 aromatic carbocycles. The van der Waals surface area contributed by atoms with Crippen LogP contribution in [0.25, 0.3) is 0 Å². The monoisotopic (exact) mass is 374 g/mol. The van der Waals surface area contributed by atoms with Crippen molar-refractivity contribution in [3.63, 3.8) is 0 Å². The van der Waals surface area contributed by atoms with Crippen LogP contribution >= 0.6 is 19.6 Å². The second-order valence-electron chi connectivity index (χ2n) is 4.57. The van der Waals surface area contributed by atoms with Gasteiger partial charge in [-0.2, -0.15) is 0 Å². The summed E-state index contributed by atoms with van der Waals surface area (Å²) in [5, 5.41) is 0. The zero-order chi connectivity index (χ0) is 17.1. The number of phosphoric ester groups is 1. The summed E-state index contributed by atoms with van der Waals surface area (Å²) in [6.45, 7) is 0. The van der Waals surface area contributed by atoms with Crippen LogP contribution in [0, 0.1) is 0 Å². The predicted octanol–water partition coefficient (Wildman–Crippen LogP) is 3.37. The first-order valence-corrected chi connectivity index (χ1v) is 11.0. The molecular formula is C14H15O6PS2.